The maximum absolute atomic E-state index is 11.7. The molecule has 0 bridgehead atoms. The number of sulfone groups is 1. The highest BCUT2D eigenvalue weighted by atomic mass is 32.2. The molecule has 1 rings (SSSR count). The molecule has 0 aliphatic rings. The molecule has 0 aromatic carbocycles. The third-order valence-corrected chi connectivity index (χ3v) is 4.72. The van der Waals surface area contributed by atoms with E-state index in [9.17, 15) is 13.2 Å². The largest absolute Gasteiger partial charge is 0.382 e. The molecule has 0 unspecified atom stereocenters. The van der Waals surface area contributed by atoms with Gasteiger partial charge in [0.2, 0.25) is 0 Å². The first-order valence-corrected chi connectivity index (χ1v) is 7.08. The molecular formula is C10H16N4O3S. The van der Waals surface area contributed by atoms with Gasteiger partial charge in [0, 0.05) is 12.8 Å². The lowest BCUT2D eigenvalue weighted by Crippen LogP contribution is -2.44. The van der Waals surface area contributed by atoms with Gasteiger partial charge in [-0.05, 0) is 13.8 Å². The standard InChI is InChI=1S/C10H16N4O3S/c1-10(2,18(3,16)17)6-13-9(15)7-4-12-5-8(11)14-7/h4-5H,6H2,1-3H3,(H2,11,14)(H,13,15). The van der Waals surface area contributed by atoms with Crippen LogP contribution in [-0.4, -0.2) is 41.8 Å². The van der Waals surface area contributed by atoms with Crippen molar-refractivity contribution in [3.63, 3.8) is 0 Å². The minimum Gasteiger partial charge on any atom is -0.382 e. The highest BCUT2D eigenvalue weighted by Crippen LogP contribution is 2.13. The second-order valence-corrected chi connectivity index (χ2v) is 7.19. The molecule has 100 valence electrons. The van der Waals surface area contributed by atoms with Gasteiger partial charge in [0.1, 0.15) is 11.5 Å². The van der Waals surface area contributed by atoms with Crippen LogP contribution in [0.5, 0.6) is 0 Å². The highest BCUT2D eigenvalue weighted by molar-refractivity contribution is 7.92. The summed E-state index contributed by atoms with van der Waals surface area (Å²) in [6.45, 7) is 3.06. The summed E-state index contributed by atoms with van der Waals surface area (Å²) in [7, 11) is -3.26. The number of aromatic nitrogens is 2. The minimum atomic E-state index is -3.26. The van der Waals surface area contributed by atoms with Crippen LogP contribution in [0.25, 0.3) is 0 Å². The number of hydrogen-bond donors (Lipinski definition) is 2. The monoisotopic (exact) mass is 272 g/mol. The van der Waals surface area contributed by atoms with E-state index in [1.165, 1.54) is 26.2 Å². The number of nitrogens with two attached hydrogens (primary N) is 1. The molecule has 0 aliphatic heterocycles. The first kappa shape index (κ1) is 14.4. The van der Waals surface area contributed by atoms with Gasteiger partial charge in [-0.1, -0.05) is 0 Å². The van der Waals surface area contributed by atoms with Crippen LogP contribution in [0.3, 0.4) is 0 Å². The quantitative estimate of drug-likeness (QED) is 0.771. The number of nitrogens with zero attached hydrogens (tertiary/aromatic N) is 2. The Labute approximate surface area is 106 Å². The van der Waals surface area contributed by atoms with Crippen LogP contribution >= 0.6 is 0 Å². The summed E-state index contributed by atoms with van der Waals surface area (Å²) >= 11 is 0. The number of carbonyl (C=O) groups excluding carboxylic acids is 1. The molecule has 0 atom stereocenters. The first-order chi connectivity index (χ1) is 8.13. The first-order valence-electron chi connectivity index (χ1n) is 5.19. The zero-order valence-electron chi connectivity index (χ0n) is 10.5. The molecule has 1 aromatic heterocycles. The molecule has 0 saturated heterocycles. The van der Waals surface area contributed by atoms with Crippen molar-refractivity contribution in [3.05, 3.63) is 18.1 Å². The SMILES string of the molecule is CC(C)(CNC(=O)c1cncc(N)n1)S(C)(=O)=O. The van der Waals surface area contributed by atoms with E-state index in [0.717, 1.165) is 6.26 Å². The lowest BCUT2D eigenvalue weighted by Gasteiger charge is -2.22. The molecule has 0 aliphatic carbocycles. The smallest absolute Gasteiger partial charge is 0.271 e. The molecule has 0 radical (unpaired) electrons. The number of carbonyl (C=O) groups is 1. The molecule has 8 heteroatoms. The topological polar surface area (TPSA) is 115 Å². The van der Waals surface area contributed by atoms with Crippen molar-refractivity contribution in [1.29, 1.82) is 0 Å². The Morgan fingerprint density at radius 3 is 2.56 bits per heavy atom. The van der Waals surface area contributed by atoms with E-state index in [0.29, 0.717) is 0 Å². The van der Waals surface area contributed by atoms with Crippen LogP contribution < -0.4 is 11.1 Å². The Morgan fingerprint density at radius 1 is 1.44 bits per heavy atom. The van der Waals surface area contributed by atoms with Crippen molar-refractivity contribution < 1.29 is 13.2 Å². The molecule has 3 N–H and O–H groups in total. The fourth-order valence-corrected chi connectivity index (χ4v) is 1.34. The Bertz CT molecular complexity index is 554. The summed E-state index contributed by atoms with van der Waals surface area (Å²) in [5.74, 6) is -0.378. The number of anilines is 1. The van der Waals surface area contributed by atoms with E-state index in [4.69, 9.17) is 5.73 Å². The Hall–Kier alpha value is -1.70. The van der Waals surface area contributed by atoms with Gasteiger partial charge in [-0.2, -0.15) is 0 Å². The number of hydrogen-bond acceptors (Lipinski definition) is 6. The van der Waals surface area contributed by atoms with Gasteiger partial charge in [0.15, 0.2) is 9.84 Å². The normalized spacial score (nSPS) is 12.2. The molecule has 0 spiro atoms. The van der Waals surface area contributed by atoms with E-state index >= 15 is 0 Å². The average Bonchev–Trinajstić information content (AvgIpc) is 2.24. The van der Waals surface area contributed by atoms with Crippen molar-refractivity contribution in [2.45, 2.75) is 18.6 Å². The lowest BCUT2D eigenvalue weighted by atomic mass is 10.2. The zero-order chi connectivity index (χ0) is 14.0. The molecule has 7 nitrogen and oxygen atoms in total. The summed E-state index contributed by atoms with van der Waals surface area (Å²) in [5, 5.41) is 2.50. The number of rotatable bonds is 4. The van der Waals surface area contributed by atoms with Gasteiger partial charge in [-0.3, -0.25) is 9.78 Å². The van der Waals surface area contributed by atoms with Crippen molar-refractivity contribution in [2.24, 2.45) is 0 Å². The van der Waals surface area contributed by atoms with Crippen LogP contribution in [0.15, 0.2) is 12.4 Å². The van der Waals surface area contributed by atoms with Gasteiger partial charge in [-0.25, -0.2) is 13.4 Å². The fraction of sp³-hybridized carbons (Fsp3) is 0.500. The summed E-state index contributed by atoms with van der Waals surface area (Å²) in [5.41, 5.74) is 5.45. The summed E-state index contributed by atoms with van der Waals surface area (Å²) in [6.07, 6.45) is 3.70. The average molecular weight is 272 g/mol. The molecule has 1 heterocycles. The summed E-state index contributed by atoms with van der Waals surface area (Å²) in [4.78, 5) is 19.2. The molecule has 18 heavy (non-hydrogen) atoms. The van der Waals surface area contributed by atoms with Gasteiger partial charge in [0.05, 0.1) is 17.1 Å². The Kier molecular flexibility index (Phi) is 3.90. The molecule has 1 amide bonds. The van der Waals surface area contributed by atoms with E-state index in [2.05, 4.69) is 15.3 Å². The van der Waals surface area contributed by atoms with Crippen LogP contribution in [-0.2, 0) is 9.84 Å². The van der Waals surface area contributed by atoms with Gasteiger partial charge in [0.25, 0.3) is 5.91 Å². The molecular weight excluding hydrogens is 256 g/mol. The van der Waals surface area contributed by atoms with Gasteiger partial charge < -0.3 is 11.1 Å². The zero-order valence-corrected chi connectivity index (χ0v) is 11.3. The van der Waals surface area contributed by atoms with E-state index in [-0.39, 0.29) is 18.1 Å². The number of amides is 1. The van der Waals surface area contributed by atoms with Crippen LogP contribution in [0, 0.1) is 0 Å². The minimum absolute atomic E-state index is 0.0128. The highest BCUT2D eigenvalue weighted by Gasteiger charge is 2.30. The third kappa shape index (κ3) is 3.39. The van der Waals surface area contributed by atoms with E-state index in [1.807, 2.05) is 0 Å². The molecule has 1 aromatic rings. The number of nitrogens with one attached hydrogen (secondary N) is 1. The van der Waals surface area contributed by atoms with Crippen molar-refractivity contribution in [3.8, 4) is 0 Å². The van der Waals surface area contributed by atoms with Crippen molar-refractivity contribution >= 4 is 21.6 Å². The summed E-state index contributed by atoms with van der Waals surface area (Å²) < 4.78 is 21.9. The predicted octanol–water partition coefficient (Wildman–Crippen LogP) is -0.388. The van der Waals surface area contributed by atoms with E-state index in [1.54, 1.807) is 0 Å². The molecule has 0 saturated carbocycles. The Balaban J connectivity index is 2.74. The predicted molar refractivity (Wildman–Crippen MR) is 67.7 cm³/mol. The van der Waals surface area contributed by atoms with Crippen LogP contribution in [0.1, 0.15) is 24.3 Å². The van der Waals surface area contributed by atoms with Crippen LogP contribution in [0.4, 0.5) is 5.82 Å². The van der Waals surface area contributed by atoms with Gasteiger partial charge >= 0.3 is 0 Å². The Morgan fingerprint density at radius 2 is 2.06 bits per heavy atom. The summed E-state index contributed by atoms with van der Waals surface area (Å²) in [6, 6.07) is 0. The number of nitrogen functional groups attached to an aromatic ring is 1. The van der Waals surface area contributed by atoms with Crippen molar-refractivity contribution in [1.82, 2.24) is 15.3 Å². The second-order valence-electron chi connectivity index (χ2n) is 4.54. The molecule has 0 fully saturated rings. The maximum atomic E-state index is 11.7. The second kappa shape index (κ2) is 4.89. The van der Waals surface area contributed by atoms with Crippen molar-refractivity contribution in [2.75, 3.05) is 18.5 Å². The van der Waals surface area contributed by atoms with E-state index < -0.39 is 20.5 Å². The maximum Gasteiger partial charge on any atom is 0.271 e. The third-order valence-electron chi connectivity index (χ3n) is 2.56. The van der Waals surface area contributed by atoms with Gasteiger partial charge in [-0.15, -0.1) is 0 Å². The van der Waals surface area contributed by atoms with Crippen LogP contribution in [0.2, 0.25) is 0 Å². The lowest BCUT2D eigenvalue weighted by molar-refractivity contribution is 0.0945. The fourth-order valence-electron chi connectivity index (χ4n) is 1.01.